The maximum atomic E-state index is 5.73. The number of piperidine rings is 3. The zero-order chi connectivity index (χ0) is 19.1. The van der Waals surface area contributed by atoms with Crippen molar-refractivity contribution in [2.45, 2.75) is 50.7 Å². The highest BCUT2D eigenvalue weighted by atomic mass is 16.5. The van der Waals surface area contributed by atoms with Gasteiger partial charge in [-0.05, 0) is 61.7 Å². The van der Waals surface area contributed by atoms with Gasteiger partial charge in [0.1, 0.15) is 11.6 Å². The van der Waals surface area contributed by atoms with E-state index in [1.54, 1.807) is 7.11 Å². The highest BCUT2D eigenvalue weighted by Crippen LogP contribution is 2.48. The minimum absolute atomic E-state index is 0.527. The molecule has 3 atom stereocenters. The molecule has 0 N–H and O–H groups in total. The fourth-order valence-corrected chi connectivity index (χ4v) is 5.92. The summed E-state index contributed by atoms with van der Waals surface area (Å²) in [6, 6.07) is 9.92. The molecule has 0 saturated carbocycles. The summed E-state index contributed by atoms with van der Waals surface area (Å²) in [5.41, 5.74) is 1.38. The highest BCUT2D eigenvalue weighted by Gasteiger charge is 2.53. The van der Waals surface area contributed by atoms with Gasteiger partial charge < -0.3 is 4.74 Å². The van der Waals surface area contributed by atoms with Gasteiger partial charge >= 0.3 is 0 Å². The third kappa shape index (κ3) is 3.01. The molecule has 4 saturated heterocycles. The van der Waals surface area contributed by atoms with Gasteiger partial charge in [-0.15, -0.1) is 5.10 Å². The van der Waals surface area contributed by atoms with Crippen LogP contribution in [0.3, 0.4) is 0 Å². The van der Waals surface area contributed by atoms with Crippen molar-refractivity contribution in [2.75, 3.05) is 33.3 Å². The lowest BCUT2D eigenvalue weighted by atomic mass is 9.75. The van der Waals surface area contributed by atoms with Crippen molar-refractivity contribution < 1.29 is 4.74 Å². The molecule has 2 bridgehead atoms. The largest absolute Gasteiger partial charge is 0.496 e. The standard InChI is InChI=1S/C21H30N6O/c1-15-22-23-24-27(15)11-5-10-26-14-18(17-6-3-4-7-19(17)28-2)21-20(26)16-8-12-25(21)13-9-16/h3-4,6-7,16,18,20-21H,5,8-14H2,1-2H3/t18-,20+,21+/m1/s1. The fourth-order valence-electron chi connectivity index (χ4n) is 5.92. The number of tetrazole rings is 1. The molecule has 0 unspecified atom stereocenters. The summed E-state index contributed by atoms with van der Waals surface area (Å²) in [5, 5.41) is 11.9. The van der Waals surface area contributed by atoms with E-state index in [2.05, 4.69) is 49.6 Å². The van der Waals surface area contributed by atoms with Crippen molar-refractivity contribution in [2.24, 2.45) is 5.92 Å². The number of likely N-dealkylation sites (tertiary alicyclic amines) is 1. The zero-order valence-electron chi connectivity index (χ0n) is 16.9. The van der Waals surface area contributed by atoms with Gasteiger partial charge in [0.15, 0.2) is 0 Å². The Morgan fingerprint density at radius 3 is 2.68 bits per heavy atom. The van der Waals surface area contributed by atoms with Crippen LogP contribution in [-0.2, 0) is 6.54 Å². The van der Waals surface area contributed by atoms with Crippen LogP contribution in [0.2, 0.25) is 0 Å². The van der Waals surface area contributed by atoms with Crippen LogP contribution in [0.5, 0.6) is 5.75 Å². The summed E-state index contributed by atoms with van der Waals surface area (Å²) in [7, 11) is 1.80. The Kier molecular flexibility index (Phi) is 4.80. The van der Waals surface area contributed by atoms with Gasteiger partial charge in [-0.1, -0.05) is 18.2 Å². The Bertz CT molecular complexity index is 815. The summed E-state index contributed by atoms with van der Waals surface area (Å²) in [6.07, 6.45) is 3.78. The van der Waals surface area contributed by atoms with Gasteiger partial charge in [0.2, 0.25) is 0 Å². The summed E-state index contributed by atoms with van der Waals surface area (Å²) < 4.78 is 7.65. The molecule has 4 aliphatic rings. The third-order valence-corrected chi connectivity index (χ3v) is 7.16. The molecule has 4 fully saturated rings. The molecular formula is C21H30N6O. The van der Waals surface area contributed by atoms with Crippen LogP contribution in [0.1, 0.15) is 36.6 Å². The molecule has 0 amide bonds. The van der Waals surface area contributed by atoms with E-state index in [0.717, 1.165) is 43.5 Å². The van der Waals surface area contributed by atoms with Gasteiger partial charge in [0.25, 0.3) is 0 Å². The van der Waals surface area contributed by atoms with E-state index in [4.69, 9.17) is 4.74 Å². The molecule has 4 aliphatic heterocycles. The molecule has 7 nitrogen and oxygen atoms in total. The number of aryl methyl sites for hydroxylation is 2. The zero-order valence-corrected chi connectivity index (χ0v) is 16.9. The number of hydrogen-bond donors (Lipinski definition) is 0. The number of rotatable bonds is 6. The van der Waals surface area contributed by atoms with Crippen molar-refractivity contribution in [3.05, 3.63) is 35.7 Å². The van der Waals surface area contributed by atoms with Crippen LogP contribution >= 0.6 is 0 Å². The SMILES string of the molecule is COc1ccccc1[C@H]1CN(CCCn2nnnc2C)[C@H]2C3CCN(CC3)[C@@H]12. The first kappa shape index (κ1) is 18.1. The second kappa shape index (κ2) is 7.44. The Labute approximate surface area is 166 Å². The third-order valence-electron chi connectivity index (χ3n) is 7.16. The van der Waals surface area contributed by atoms with Crippen molar-refractivity contribution >= 4 is 0 Å². The minimum Gasteiger partial charge on any atom is -0.496 e. The smallest absolute Gasteiger partial charge is 0.148 e. The van der Waals surface area contributed by atoms with Crippen LogP contribution < -0.4 is 4.74 Å². The maximum Gasteiger partial charge on any atom is 0.148 e. The molecule has 0 aliphatic carbocycles. The summed E-state index contributed by atoms with van der Waals surface area (Å²) in [6.45, 7) is 7.61. The molecular weight excluding hydrogens is 352 g/mol. The first-order valence-electron chi connectivity index (χ1n) is 10.6. The number of hydrogen-bond acceptors (Lipinski definition) is 6. The number of para-hydroxylation sites is 1. The normalized spacial score (nSPS) is 31.9. The van der Waals surface area contributed by atoms with E-state index in [1.807, 2.05) is 11.6 Å². The van der Waals surface area contributed by atoms with Gasteiger partial charge in [-0.3, -0.25) is 9.80 Å². The van der Waals surface area contributed by atoms with Gasteiger partial charge in [0, 0.05) is 43.2 Å². The molecule has 7 heteroatoms. The van der Waals surface area contributed by atoms with E-state index >= 15 is 0 Å². The molecule has 150 valence electrons. The lowest BCUT2D eigenvalue weighted by Gasteiger charge is -2.51. The molecule has 6 rings (SSSR count). The average molecular weight is 383 g/mol. The molecule has 28 heavy (non-hydrogen) atoms. The predicted octanol–water partition coefficient (Wildman–Crippen LogP) is 1.94. The second-order valence-corrected chi connectivity index (χ2v) is 8.50. The first-order chi connectivity index (χ1) is 13.8. The Morgan fingerprint density at radius 2 is 1.93 bits per heavy atom. The van der Waals surface area contributed by atoms with Crippen molar-refractivity contribution in [3.8, 4) is 5.75 Å². The Morgan fingerprint density at radius 1 is 1.11 bits per heavy atom. The number of benzene rings is 1. The van der Waals surface area contributed by atoms with E-state index in [0.29, 0.717) is 18.0 Å². The van der Waals surface area contributed by atoms with Crippen LogP contribution in [0.25, 0.3) is 0 Å². The van der Waals surface area contributed by atoms with Crippen LogP contribution in [0, 0.1) is 12.8 Å². The number of ether oxygens (including phenoxy) is 1. The van der Waals surface area contributed by atoms with E-state index in [-0.39, 0.29) is 0 Å². The Hall–Kier alpha value is -1.99. The predicted molar refractivity (Wildman–Crippen MR) is 106 cm³/mol. The molecule has 0 radical (unpaired) electrons. The number of methoxy groups -OCH3 is 1. The van der Waals surface area contributed by atoms with Gasteiger partial charge in [-0.2, -0.15) is 0 Å². The van der Waals surface area contributed by atoms with Crippen molar-refractivity contribution in [1.82, 2.24) is 30.0 Å². The van der Waals surface area contributed by atoms with Crippen LogP contribution in [0.4, 0.5) is 0 Å². The second-order valence-electron chi connectivity index (χ2n) is 8.50. The van der Waals surface area contributed by atoms with Crippen molar-refractivity contribution in [3.63, 3.8) is 0 Å². The molecule has 5 heterocycles. The monoisotopic (exact) mass is 382 g/mol. The number of aromatic nitrogens is 4. The minimum atomic E-state index is 0.527. The lowest BCUT2D eigenvalue weighted by molar-refractivity contribution is -0.00709. The molecule has 1 aromatic carbocycles. The maximum absolute atomic E-state index is 5.73. The van der Waals surface area contributed by atoms with Crippen molar-refractivity contribution in [1.29, 1.82) is 0 Å². The van der Waals surface area contributed by atoms with E-state index < -0.39 is 0 Å². The summed E-state index contributed by atoms with van der Waals surface area (Å²) >= 11 is 0. The highest BCUT2D eigenvalue weighted by molar-refractivity contribution is 5.39. The van der Waals surface area contributed by atoms with E-state index in [9.17, 15) is 0 Å². The van der Waals surface area contributed by atoms with Gasteiger partial charge in [-0.25, -0.2) is 4.68 Å². The number of fused-ring (bicyclic) bond motifs is 2. The Balaban J connectivity index is 1.37. The summed E-state index contributed by atoms with van der Waals surface area (Å²) in [4.78, 5) is 5.52. The molecule has 2 aromatic rings. The fraction of sp³-hybridized carbons (Fsp3) is 0.667. The van der Waals surface area contributed by atoms with Crippen LogP contribution in [0.15, 0.2) is 24.3 Å². The van der Waals surface area contributed by atoms with Crippen LogP contribution in [-0.4, -0.2) is 75.4 Å². The quantitative estimate of drug-likeness (QED) is 0.761. The first-order valence-corrected chi connectivity index (χ1v) is 10.6. The molecule has 0 spiro atoms. The average Bonchev–Trinajstić information content (AvgIpc) is 3.34. The summed E-state index contributed by atoms with van der Waals surface area (Å²) in [5.74, 6) is 3.30. The molecule has 1 aromatic heterocycles. The lowest BCUT2D eigenvalue weighted by Crippen LogP contribution is -2.60. The topological polar surface area (TPSA) is 59.3 Å². The number of nitrogens with zero attached hydrogens (tertiary/aromatic N) is 6. The van der Waals surface area contributed by atoms with Gasteiger partial charge in [0.05, 0.1) is 7.11 Å². The van der Waals surface area contributed by atoms with E-state index in [1.165, 1.54) is 31.5 Å².